The highest BCUT2D eigenvalue weighted by Crippen LogP contribution is 2.02. The molecule has 0 aliphatic rings. The summed E-state index contributed by atoms with van der Waals surface area (Å²) < 4.78 is 1.46. The first-order valence-corrected chi connectivity index (χ1v) is 3.52. The molecule has 1 aromatic heterocycles. The number of nitrogens with zero attached hydrogens (tertiary/aromatic N) is 1. The van der Waals surface area contributed by atoms with E-state index < -0.39 is 12.0 Å². The minimum absolute atomic E-state index is 0.121. The maximum absolute atomic E-state index is 10.7. The Morgan fingerprint density at radius 2 is 2.00 bits per heavy atom. The predicted octanol–water partition coefficient (Wildman–Crippen LogP) is 0.494. The molecule has 0 fully saturated rings. The average Bonchev–Trinajstić information content (AvgIpc) is 2.04. The van der Waals surface area contributed by atoms with Gasteiger partial charge >= 0.3 is 5.97 Å². The zero-order valence-electron chi connectivity index (χ0n) is 6.60. The SMILES string of the molecule is CC(C(=O)O)n1ccc(=O)cc1. The Kier molecular flexibility index (Phi) is 2.28. The summed E-state index contributed by atoms with van der Waals surface area (Å²) in [6, 6.07) is 2.03. The fraction of sp³-hybridized carbons (Fsp3) is 0.250. The van der Waals surface area contributed by atoms with E-state index in [1.54, 1.807) is 6.92 Å². The number of carboxylic acids is 1. The molecule has 0 aliphatic carbocycles. The second-order valence-electron chi connectivity index (χ2n) is 2.50. The van der Waals surface area contributed by atoms with Crippen LogP contribution in [-0.2, 0) is 4.79 Å². The van der Waals surface area contributed by atoms with Gasteiger partial charge in [-0.25, -0.2) is 4.79 Å². The molecule has 1 N–H and O–H groups in total. The molecule has 12 heavy (non-hydrogen) atoms. The first-order valence-electron chi connectivity index (χ1n) is 3.52. The molecule has 0 saturated carbocycles. The third-order valence-electron chi connectivity index (χ3n) is 1.63. The van der Waals surface area contributed by atoms with Gasteiger partial charge in [0.1, 0.15) is 6.04 Å². The number of pyridine rings is 1. The lowest BCUT2D eigenvalue weighted by Crippen LogP contribution is -2.16. The molecule has 0 aromatic carbocycles. The van der Waals surface area contributed by atoms with E-state index in [0.29, 0.717) is 0 Å². The van der Waals surface area contributed by atoms with Gasteiger partial charge in [-0.2, -0.15) is 0 Å². The van der Waals surface area contributed by atoms with Gasteiger partial charge in [0, 0.05) is 24.5 Å². The Hall–Kier alpha value is -1.58. The van der Waals surface area contributed by atoms with Gasteiger partial charge in [-0.15, -0.1) is 0 Å². The summed E-state index contributed by atoms with van der Waals surface area (Å²) in [5, 5.41) is 8.61. The van der Waals surface area contributed by atoms with Crippen LogP contribution in [0.1, 0.15) is 13.0 Å². The van der Waals surface area contributed by atoms with Crippen LogP contribution < -0.4 is 5.43 Å². The summed E-state index contributed by atoms with van der Waals surface area (Å²) >= 11 is 0. The van der Waals surface area contributed by atoms with Gasteiger partial charge in [-0.1, -0.05) is 0 Å². The van der Waals surface area contributed by atoms with Gasteiger partial charge in [-0.05, 0) is 6.92 Å². The van der Waals surface area contributed by atoms with Crippen molar-refractivity contribution < 1.29 is 9.90 Å². The Morgan fingerprint density at radius 3 is 2.42 bits per heavy atom. The first kappa shape index (κ1) is 8.52. The number of rotatable bonds is 2. The van der Waals surface area contributed by atoms with Crippen LogP contribution in [0.2, 0.25) is 0 Å². The standard InChI is InChI=1S/C8H9NO3/c1-6(8(11)12)9-4-2-7(10)3-5-9/h2-6H,1H3,(H,11,12). The quantitative estimate of drug-likeness (QED) is 0.697. The van der Waals surface area contributed by atoms with Gasteiger partial charge in [0.15, 0.2) is 5.43 Å². The second-order valence-corrected chi connectivity index (χ2v) is 2.50. The molecular weight excluding hydrogens is 158 g/mol. The Bertz CT molecular complexity index is 322. The van der Waals surface area contributed by atoms with Crippen LogP contribution in [0.5, 0.6) is 0 Å². The van der Waals surface area contributed by atoms with Crippen molar-refractivity contribution >= 4 is 5.97 Å². The van der Waals surface area contributed by atoms with Crippen molar-refractivity contribution in [3.05, 3.63) is 34.7 Å². The zero-order valence-corrected chi connectivity index (χ0v) is 6.60. The molecule has 1 aromatic rings. The van der Waals surface area contributed by atoms with Crippen LogP contribution in [0.4, 0.5) is 0 Å². The second kappa shape index (κ2) is 3.21. The highest BCUT2D eigenvalue weighted by atomic mass is 16.4. The highest BCUT2D eigenvalue weighted by molar-refractivity contribution is 5.71. The number of hydrogen-bond acceptors (Lipinski definition) is 2. The third kappa shape index (κ3) is 1.72. The fourth-order valence-corrected chi connectivity index (χ4v) is 0.810. The Morgan fingerprint density at radius 1 is 1.50 bits per heavy atom. The van der Waals surface area contributed by atoms with Crippen molar-refractivity contribution in [3.63, 3.8) is 0 Å². The number of carboxylic acid groups (broad SMARTS) is 1. The predicted molar refractivity (Wildman–Crippen MR) is 43.0 cm³/mol. The van der Waals surface area contributed by atoms with Crippen molar-refractivity contribution in [1.29, 1.82) is 0 Å². The van der Waals surface area contributed by atoms with Crippen molar-refractivity contribution in [2.45, 2.75) is 13.0 Å². The average molecular weight is 167 g/mol. The van der Waals surface area contributed by atoms with Crippen LogP contribution in [0.15, 0.2) is 29.3 Å². The van der Waals surface area contributed by atoms with Gasteiger partial charge < -0.3 is 9.67 Å². The maximum atomic E-state index is 10.7. The van der Waals surface area contributed by atoms with Crippen LogP contribution in [0.25, 0.3) is 0 Å². The molecule has 0 aliphatic heterocycles. The lowest BCUT2D eigenvalue weighted by Gasteiger charge is -2.09. The van der Waals surface area contributed by atoms with Crippen molar-refractivity contribution in [2.75, 3.05) is 0 Å². The van der Waals surface area contributed by atoms with E-state index in [0.717, 1.165) is 0 Å². The summed E-state index contributed by atoms with van der Waals surface area (Å²) in [5.74, 6) is -0.918. The molecule has 1 unspecified atom stereocenters. The monoisotopic (exact) mass is 167 g/mol. The molecule has 4 nitrogen and oxygen atoms in total. The molecule has 1 heterocycles. The molecule has 0 saturated heterocycles. The Labute approximate surface area is 69.1 Å². The number of hydrogen-bond donors (Lipinski definition) is 1. The summed E-state index contributed by atoms with van der Waals surface area (Å²) in [7, 11) is 0. The topological polar surface area (TPSA) is 59.3 Å². The van der Waals surface area contributed by atoms with E-state index in [-0.39, 0.29) is 5.43 Å². The fourth-order valence-electron chi connectivity index (χ4n) is 0.810. The van der Waals surface area contributed by atoms with Crippen molar-refractivity contribution in [1.82, 2.24) is 4.57 Å². The molecule has 0 bridgehead atoms. The summed E-state index contributed by atoms with van der Waals surface area (Å²) in [5.41, 5.74) is -0.121. The molecule has 1 atom stereocenters. The molecule has 4 heteroatoms. The largest absolute Gasteiger partial charge is 0.480 e. The first-order chi connectivity index (χ1) is 5.61. The number of aliphatic carboxylic acids is 1. The number of carbonyl (C=O) groups is 1. The van der Waals surface area contributed by atoms with Gasteiger partial charge in [0.2, 0.25) is 0 Å². The minimum Gasteiger partial charge on any atom is -0.480 e. The molecule has 1 rings (SSSR count). The zero-order chi connectivity index (χ0) is 9.14. The smallest absolute Gasteiger partial charge is 0.326 e. The van der Waals surface area contributed by atoms with Crippen LogP contribution >= 0.6 is 0 Å². The lowest BCUT2D eigenvalue weighted by atomic mass is 10.3. The molecule has 0 spiro atoms. The van der Waals surface area contributed by atoms with Crippen molar-refractivity contribution in [2.24, 2.45) is 0 Å². The van der Waals surface area contributed by atoms with E-state index in [2.05, 4.69) is 0 Å². The highest BCUT2D eigenvalue weighted by Gasteiger charge is 2.10. The van der Waals surface area contributed by atoms with E-state index in [1.807, 2.05) is 0 Å². The molecule has 0 radical (unpaired) electrons. The van der Waals surface area contributed by atoms with E-state index >= 15 is 0 Å². The van der Waals surface area contributed by atoms with E-state index in [4.69, 9.17) is 5.11 Å². The van der Waals surface area contributed by atoms with Gasteiger partial charge in [-0.3, -0.25) is 4.79 Å². The Balaban J connectivity index is 2.97. The summed E-state index contributed by atoms with van der Waals surface area (Å²) in [6.07, 6.45) is 2.92. The molecule has 0 amide bonds. The van der Waals surface area contributed by atoms with Crippen LogP contribution in [0, 0.1) is 0 Å². The van der Waals surface area contributed by atoms with Gasteiger partial charge in [0.05, 0.1) is 0 Å². The minimum atomic E-state index is -0.918. The third-order valence-corrected chi connectivity index (χ3v) is 1.63. The number of aromatic nitrogens is 1. The molecular formula is C8H9NO3. The van der Waals surface area contributed by atoms with E-state index in [1.165, 1.54) is 29.1 Å². The van der Waals surface area contributed by atoms with Crippen LogP contribution in [-0.4, -0.2) is 15.6 Å². The summed E-state index contributed by atoms with van der Waals surface area (Å²) in [4.78, 5) is 21.1. The molecule has 64 valence electrons. The van der Waals surface area contributed by atoms with E-state index in [9.17, 15) is 9.59 Å². The van der Waals surface area contributed by atoms with Gasteiger partial charge in [0.25, 0.3) is 0 Å². The summed E-state index contributed by atoms with van der Waals surface area (Å²) in [6.45, 7) is 1.55. The maximum Gasteiger partial charge on any atom is 0.326 e. The normalized spacial score (nSPS) is 12.4. The van der Waals surface area contributed by atoms with Crippen molar-refractivity contribution in [3.8, 4) is 0 Å². The lowest BCUT2D eigenvalue weighted by molar-refractivity contribution is -0.140. The van der Waals surface area contributed by atoms with Crippen LogP contribution in [0.3, 0.4) is 0 Å².